The summed E-state index contributed by atoms with van der Waals surface area (Å²) in [4.78, 5) is 38.2. The van der Waals surface area contributed by atoms with Crippen molar-refractivity contribution in [1.29, 1.82) is 0 Å². The maximum absolute atomic E-state index is 12.9. The first kappa shape index (κ1) is 95.8. The van der Waals surface area contributed by atoms with E-state index in [0.29, 0.717) is 23.9 Å². The number of rotatable bonds is 70. The fraction of sp³-hybridized carbons (Fsp3) is 0.543. The summed E-state index contributed by atoms with van der Waals surface area (Å²) in [5.41, 5.74) is 0. The molecule has 0 aliphatic carbocycles. The number of phosphoric ester groups is 1. The Labute approximate surface area is 625 Å². The number of nitrogens with zero attached hydrogens (tertiary/aromatic N) is 1. The molecule has 9 nitrogen and oxygen atoms in total. The monoisotopic (exact) mass is 1420 g/mol. The number of carbonyl (C=O) groups is 2. The molecule has 0 aromatic rings. The van der Waals surface area contributed by atoms with E-state index in [-0.39, 0.29) is 26.1 Å². The predicted molar refractivity (Wildman–Crippen MR) is 442 cm³/mol. The van der Waals surface area contributed by atoms with Gasteiger partial charge in [-0.2, -0.15) is 0 Å². The predicted octanol–water partition coefficient (Wildman–Crippen LogP) is 26.4. The third kappa shape index (κ3) is 82.8. The third-order valence-electron chi connectivity index (χ3n) is 15.9. The van der Waals surface area contributed by atoms with Gasteiger partial charge >= 0.3 is 11.9 Å². The Hall–Kier alpha value is -6.19. The highest BCUT2D eigenvalue weighted by molar-refractivity contribution is 7.45. The Morgan fingerprint density at radius 3 is 0.784 bits per heavy atom. The van der Waals surface area contributed by atoms with E-state index in [2.05, 4.69) is 257 Å². The lowest BCUT2D eigenvalue weighted by atomic mass is 10.0. The van der Waals surface area contributed by atoms with Crippen LogP contribution in [0.5, 0.6) is 0 Å². The summed E-state index contributed by atoms with van der Waals surface area (Å²) in [6, 6.07) is 0. The van der Waals surface area contributed by atoms with Gasteiger partial charge in [0, 0.05) is 12.8 Å². The van der Waals surface area contributed by atoms with Gasteiger partial charge in [-0.3, -0.25) is 14.2 Å². The molecule has 2 atom stereocenters. The number of likely N-dealkylation sites (N-methyl/N-ethyl adjacent to an activating group) is 1. The van der Waals surface area contributed by atoms with Crippen LogP contribution < -0.4 is 4.89 Å². The van der Waals surface area contributed by atoms with E-state index in [1.807, 2.05) is 21.1 Å². The van der Waals surface area contributed by atoms with Crippen molar-refractivity contribution in [3.63, 3.8) is 0 Å². The molecule has 570 valence electrons. The van der Waals surface area contributed by atoms with Crippen LogP contribution in [-0.4, -0.2) is 70.0 Å². The van der Waals surface area contributed by atoms with Crippen LogP contribution >= 0.6 is 7.82 Å². The van der Waals surface area contributed by atoms with Gasteiger partial charge < -0.3 is 27.9 Å². The summed E-state index contributed by atoms with van der Waals surface area (Å²) in [6.07, 6.45) is 128. The van der Waals surface area contributed by atoms with Crippen LogP contribution in [-0.2, 0) is 32.7 Å². The van der Waals surface area contributed by atoms with Crippen LogP contribution in [0, 0.1) is 0 Å². The number of hydrogen-bond donors (Lipinski definition) is 0. The summed E-state index contributed by atoms with van der Waals surface area (Å²) in [5, 5.41) is 0. The summed E-state index contributed by atoms with van der Waals surface area (Å²) in [5.74, 6) is -0.871. The standard InChI is InChI=1S/C92H144NO8P/c1-6-8-10-12-14-16-18-20-22-24-26-28-30-32-34-36-38-40-42-44-45-46-47-49-51-53-55-57-59-61-63-65-67-69-71-73-75-77-79-81-83-85-92(95)101-90(89-100-102(96,97)99-87-86-93(3,4)5)88-98-91(94)84-82-80-78-76-74-72-70-68-66-64-62-60-58-56-54-52-50-48-43-41-39-37-35-33-31-29-27-25-23-21-19-17-15-13-11-9-7-2/h8-11,14-17,20-23,26-29,32-35,38-41,44-45,47-50,53-56,59-62,66,68,90H,6-7,12-13,18-19,24-25,30-31,36-37,42-43,46,51-52,57-58,63-65,67,69-89H2,1-5H3/b10-8-,11-9-,16-14-,17-15-,22-20-,23-21-,28-26-,29-27-,34-32-,35-33-,40-38-,41-39-,45-44-,49-47-,50-48-,55-53-,56-54-,61-59-,62-60-,68-66-. The van der Waals surface area contributed by atoms with Crippen molar-refractivity contribution in [1.82, 2.24) is 0 Å². The molecule has 0 saturated heterocycles. The highest BCUT2D eigenvalue weighted by Gasteiger charge is 2.22. The van der Waals surface area contributed by atoms with Crippen molar-refractivity contribution in [3.05, 3.63) is 243 Å². The molecule has 0 bridgehead atoms. The van der Waals surface area contributed by atoms with Crippen molar-refractivity contribution in [2.45, 2.75) is 277 Å². The molecule has 0 heterocycles. The summed E-state index contributed by atoms with van der Waals surface area (Å²) in [6.45, 7) is 3.96. The van der Waals surface area contributed by atoms with Crippen LogP contribution in [0.15, 0.2) is 243 Å². The number of esters is 2. The van der Waals surface area contributed by atoms with E-state index in [0.717, 1.165) is 193 Å². The second-order valence-corrected chi connectivity index (χ2v) is 28.0. The lowest BCUT2D eigenvalue weighted by molar-refractivity contribution is -0.870. The lowest BCUT2D eigenvalue weighted by Crippen LogP contribution is -2.37. The molecule has 0 aromatic carbocycles. The minimum absolute atomic E-state index is 0.0470. The van der Waals surface area contributed by atoms with Crippen LogP contribution in [0.25, 0.3) is 0 Å². The SMILES string of the molecule is CC/C=C\C/C=C\C/C=C\C/C=C\C/C=C\C/C=C\C/C=C\C/C=C\C/C=C\C/C=C\CCCCCCCCCCCCC(=O)OC(COC(=O)CCCCCCCC/C=C\C/C=C\C/C=C\C/C=C\C/C=C\C/C=C\C/C=C\C/C=C\C/C=C\C/C=C\CC)COP(=O)([O-])OCC[N+](C)(C)C. The number of carbonyl (C=O) groups excluding carboxylic acids is 2. The average molecular weight is 1420 g/mol. The van der Waals surface area contributed by atoms with Gasteiger partial charge in [0.1, 0.15) is 19.8 Å². The minimum Gasteiger partial charge on any atom is -0.756 e. The number of phosphoric acid groups is 1. The molecule has 2 unspecified atom stereocenters. The van der Waals surface area contributed by atoms with E-state index >= 15 is 0 Å². The molecule has 0 radical (unpaired) electrons. The number of quaternary nitrogens is 1. The Balaban J connectivity index is 4.14. The number of allylic oxidation sites excluding steroid dienone is 40. The molecule has 10 heteroatoms. The lowest BCUT2D eigenvalue weighted by Gasteiger charge is -2.28. The fourth-order valence-electron chi connectivity index (χ4n) is 9.89. The average Bonchev–Trinajstić information content (AvgIpc) is 0.916. The molecule has 0 amide bonds. The molecule has 0 spiro atoms. The second kappa shape index (κ2) is 78.9. The summed E-state index contributed by atoms with van der Waals surface area (Å²) in [7, 11) is 1.12. The summed E-state index contributed by atoms with van der Waals surface area (Å²) >= 11 is 0. The molecule has 0 rings (SSSR count). The second-order valence-electron chi connectivity index (χ2n) is 26.6. The number of hydrogen-bond acceptors (Lipinski definition) is 8. The van der Waals surface area contributed by atoms with Gasteiger partial charge in [-0.05, 0) is 167 Å². The third-order valence-corrected chi connectivity index (χ3v) is 16.8. The minimum atomic E-state index is -4.67. The molecule has 0 saturated carbocycles. The molecule has 0 N–H and O–H groups in total. The van der Waals surface area contributed by atoms with Crippen LogP contribution in [0.1, 0.15) is 271 Å². The Kier molecular flexibility index (Phi) is 74.1. The first-order chi connectivity index (χ1) is 50.0. The van der Waals surface area contributed by atoms with Crippen molar-refractivity contribution in [3.8, 4) is 0 Å². The molecule has 0 aliphatic rings. The first-order valence-electron chi connectivity index (χ1n) is 39.7. The maximum atomic E-state index is 12.9. The van der Waals surface area contributed by atoms with Gasteiger partial charge in [-0.25, -0.2) is 0 Å². The van der Waals surface area contributed by atoms with E-state index < -0.39 is 32.5 Å². The fourth-order valence-corrected chi connectivity index (χ4v) is 10.6. The van der Waals surface area contributed by atoms with Crippen molar-refractivity contribution in [2.24, 2.45) is 0 Å². The topological polar surface area (TPSA) is 111 Å². The largest absolute Gasteiger partial charge is 0.756 e. The Morgan fingerprint density at radius 1 is 0.304 bits per heavy atom. The van der Waals surface area contributed by atoms with Gasteiger partial charge in [0.15, 0.2) is 6.10 Å². The van der Waals surface area contributed by atoms with Gasteiger partial charge in [-0.1, -0.05) is 334 Å². The van der Waals surface area contributed by atoms with E-state index in [9.17, 15) is 19.0 Å². The number of ether oxygens (including phenoxy) is 2. The molecular weight excluding hydrogens is 1280 g/mol. The normalized spacial score (nSPS) is 14.4. The Morgan fingerprint density at radius 2 is 0.529 bits per heavy atom. The zero-order chi connectivity index (χ0) is 74.0. The first-order valence-corrected chi connectivity index (χ1v) is 41.2. The van der Waals surface area contributed by atoms with Crippen LogP contribution in [0.4, 0.5) is 0 Å². The summed E-state index contributed by atoms with van der Waals surface area (Å²) < 4.78 is 34.4. The zero-order valence-corrected chi connectivity index (χ0v) is 65.8. The van der Waals surface area contributed by atoms with E-state index in [1.165, 1.54) is 38.5 Å². The molecule has 0 fully saturated rings. The van der Waals surface area contributed by atoms with E-state index in [1.54, 1.807) is 0 Å². The van der Waals surface area contributed by atoms with E-state index in [4.69, 9.17) is 18.5 Å². The highest BCUT2D eigenvalue weighted by Crippen LogP contribution is 2.38. The highest BCUT2D eigenvalue weighted by atomic mass is 31.2. The smallest absolute Gasteiger partial charge is 0.306 e. The van der Waals surface area contributed by atoms with Gasteiger partial charge in [0.05, 0.1) is 27.7 Å². The molecule has 0 aliphatic heterocycles. The van der Waals surface area contributed by atoms with Gasteiger partial charge in [0.2, 0.25) is 0 Å². The molecule has 0 aromatic heterocycles. The van der Waals surface area contributed by atoms with Crippen LogP contribution in [0.2, 0.25) is 0 Å². The van der Waals surface area contributed by atoms with Gasteiger partial charge in [0.25, 0.3) is 7.82 Å². The molecular formula is C92H144NO8P. The Bertz CT molecular complexity index is 2630. The van der Waals surface area contributed by atoms with Crippen molar-refractivity contribution in [2.75, 3.05) is 47.5 Å². The van der Waals surface area contributed by atoms with Crippen molar-refractivity contribution >= 4 is 19.8 Å². The van der Waals surface area contributed by atoms with Crippen molar-refractivity contribution < 1.29 is 42.1 Å². The van der Waals surface area contributed by atoms with Gasteiger partial charge in [-0.15, -0.1) is 0 Å². The zero-order valence-electron chi connectivity index (χ0n) is 64.9. The van der Waals surface area contributed by atoms with Crippen LogP contribution in [0.3, 0.4) is 0 Å². The quantitative estimate of drug-likeness (QED) is 0.0195. The maximum Gasteiger partial charge on any atom is 0.306 e. The number of unbranched alkanes of at least 4 members (excludes halogenated alkanes) is 16. The molecule has 102 heavy (non-hydrogen) atoms.